The molecule has 0 saturated heterocycles. The van der Waals surface area contributed by atoms with E-state index < -0.39 is 16.1 Å². The maximum absolute atomic E-state index is 12.5. The van der Waals surface area contributed by atoms with Crippen LogP contribution in [0.1, 0.15) is 22.8 Å². The molecule has 0 spiro atoms. The minimum absolute atomic E-state index is 0.0759. The molecular formula is C20H21NO3S2. The highest BCUT2D eigenvalue weighted by atomic mass is 32.2. The lowest BCUT2D eigenvalue weighted by Gasteiger charge is -2.14. The Bertz CT molecular complexity index is 978. The first-order valence-corrected chi connectivity index (χ1v) is 10.7. The van der Waals surface area contributed by atoms with E-state index in [1.165, 1.54) is 0 Å². The zero-order chi connectivity index (χ0) is 18.7. The molecule has 2 aromatic carbocycles. The van der Waals surface area contributed by atoms with E-state index in [0.717, 1.165) is 16.7 Å². The van der Waals surface area contributed by atoms with Crippen molar-refractivity contribution in [3.8, 4) is 11.1 Å². The fourth-order valence-corrected chi connectivity index (χ4v) is 4.74. The largest absolute Gasteiger partial charge is 0.387 e. The van der Waals surface area contributed by atoms with E-state index in [1.54, 1.807) is 30.4 Å². The summed E-state index contributed by atoms with van der Waals surface area (Å²) in [5.74, 6) is 0. The van der Waals surface area contributed by atoms with Gasteiger partial charge in [-0.25, -0.2) is 13.1 Å². The molecule has 1 heterocycles. The highest BCUT2D eigenvalue weighted by Gasteiger charge is 2.19. The van der Waals surface area contributed by atoms with Gasteiger partial charge < -0.3 is 5.11 Å². The highest BCUT2D eigenvalue weighted by molar-refractivity contribution is 7.89. The van der Waals surface area contributed by atoms with Gasteiger partial charge in [0.2, 0.25) is 10.0 Å². The van der Waals surface area contributed by atoms with Crippen LogP contribution in [0.25, 0.3) is 11.1 Å². The van der Waals surface area contributed by atoms with Crippen LogP contribution in [-0.2, 0) is 10.0 Å². The van der Waals surface area contributed by atoms with E-state index in [-0.39, 0.29) is 11.4 Å². The standard InChI is InChI=1S/C20H21NO3S2/c1-14-3-4-15(2)20(11-14)26(23,24)21-12-19(22)17-7-5-16(6-8-17)18-9-10-25-13-18/h3-11,13,19,21-22H,12H2,1-2H3/t19-/m0/s1. The van der Waals surface area contributed by atoms with Gasteiger partial charge in [0.25, 0.3) is 0 Å². The Morgan fingerprint density at radius 3 is 2.42 bits per heavy atom. The summed E-state index contributed by atoms with van der Waals surface area (Å²) in [6, 6.07) is 14.8. The highest BCUT2D eigenvalue weighted by Crippen LogP contribution is 2.24. The second-order valence-electron chi connectivity index (χ2n) is 6.27. The Morgan fingerprint density at radius 1 is 1.04 bits per heavy atom. The van der Waals surface area contributed by atoms with Crippen molar-refractivity contribution < 1.29 is 13.5 Å². The molecule has 1 aromatic heterocycles. The fraction of sp³-hybridized carbons (Fsp3) is 0.200. The van der Waals surface area contributed by atoms with Gasteiger partial charge in [0.05, 0.1) is 11.0 Å². The lowest BCUT2D eigenvalue weighted by Crippen LogP contribution is -2.29. The number of benzene rings is 2. The second-order valence-corrected chi connectivity index (χ2v) is 8.79. The van der Waals surface area contributed by atoms with E-state index in [2.05, 4.69) is 10.1 Å². The molecule has 136 valence electrons. The third kappa shape index (κ3) is 4.22. The molecule has 2 N–H and O–H groups in total. The minimum atomic E-state index is -3.67. The van der Waals surface area contributed by atoms with Gasteiger partial charge in [0.15, 0.2) is 0 Å². The van der Waals surface area contributed by atoms with E-state index >= 15 is 0 Å². The number of nitrogens with one attached hydrogen (secondary N) is 1. The van der Waals surface area contributed by atoms with E-state index in [0.29, 0.717) is 11.1 Å². The maximum atomic E-state index is 12.5. The molecule has 26 heavy (non-hydrogen) atoms. The number of hydrogen-bond acceptors (Lipinski definition) is 4. The molecule has 4 nitrogen and oxygen atoms in total. The molecule has 0 aliphatic carbocycles. The van der Waals surface area contributed by atoms with Gasteiger partial charge in [0, 0.05) is 6.54 Å². The number of rotatable bonds is 6. The van der Waals surface area contributed by atoms with Gasteiger partial charge in [-0.15, -0.1) is 0 Å². The SMILES string of the molecule is Cc1ccc(C)c(S(=O)(=O)NC[C@H](O)c2ccc(-c3ccsc3)cc2)c1. The molecule has 0 amide bonds. The van der Waals surface area contributed by atoms with Gasteiger partial charge in [-0.05, 0) is 64.6 Å². The van der Waals surface area contributed by atoms with Crippen LogP contribution in [0.3, 0.4) is 0 Å². The summed E-state index contributed by atoms with van der Waals surface area (Å²) in [7, 11) is -3.67. The number of aliphatic hydroxyl groups excluding tert-OH is 1. The van der Waals surface area contributed by atoms with Crippen molar-refractivity contribution in [2.75, 3.05) is 6.54 Å². The molecule has 3 aromatic rings. The van der Waals surface area contributed by atoms with Gasteiger partial charge in [-0.2, -0.15) is 11.3 Å². The lowest BCUT2D eigenvalue weighted by atomic mass is 10.0. The molecule has 0 aliphatic rings. The summed E-state index contributed by atoms with van der Waals surface area (Å²) < 4.78 is 27.6. The molecule has 0 aliphatic heterocycles. The quantitative estimate of drug-likeness (QED) is 0.671. The molecule has 0 radical (unpaired) electrons. The first-order chi connectivity index (χ1) is 12.4. The summed E-state index contributed by atoms with van der Waals surface area (Å²) in [6.07, 6.45) is -0.911. The first kappa shape index (κ1) is 18.8. The Balaban J connectivity index is 1.70. The maximum Gasteiger partial charge on any atom is 0.240 e. The molecule has 0 unspecified atom stereocenters. The van der Waals surface area contributed by atoms with Gasteiger partial charge in [-0.1, -0.05) is 36.4 Å². The van der Waals surface area contributed by atoms with Crippen LogP contribution < -0.4 is 4.72 Å². The Labute approximate surface area is 158 Å². The predicted octanol–water partition coefficient (Wildman–Crippen LogP) is 4.04. The average molecular weight is 388 g/mol. The van der Waals surface area contributed by atoms with Crippen molar-refractivity contribution in [2.45, 2.75) is 24.8 Å². The van der Waals surface area contributed by atoms with Crippen LogP contribution in [0, 0.1) is 13.8 Å². The lowest BCUT2D eigenvalue weighted by molar-refractivity contribution is 0.182. The van der Waals surface area contributed by atoms with Gasteiger partial charge in [0.1, 0.15) is 0 Å². The normalized spacial score (nSPS) is 12.9. The van der Waals surface area contributed by atoms with Crippen LogP contribution in [0.4, 0.5) is 0 Å². The summed E-state index contributed by atoms with van der Waals surface area (Å²) in [6.45, 7) is 3.53. The van der Waals surface area contributed by atoms with Crippen LogP contribution >= 0.6 is 11.3 Å². The number of aryl methyl sites for hydroxylation is 2. The Hall–Kier alpha value is -1.99. The first-order valence-electron chi connectivity index (χ1n) is 8.24. The van der Waals surface area contributed by atoms with E-state index in [1.807, 2.05) is 48.7 Å². The smallest absolute Gasteiger partial charge is 0.240 e. The van der Waals surface area contributed by atoms with Crippen LogP contribution in [0.15, 0.2) is 64.2 Å². The Morgan fingerprint density at radius 2 is 1.77 bits per heavy atom. The fourth-order valence-electron chi connectivity index (χ4n) is 2.71. The number of sulfonamides is 1. The molecule has 0 saturated carbocycles. The summed E-state index contributed by atoms with van der Waals surface area (Å²) in [5.41, 5.74) is 4.43. The zero-order valence-electron chi connectivity index (χ0n) is 14.6. The van der Waals surface area contributed by atoms with E-state index in [4.69, 9.17) is 0 Å². The molecule has 6 heteroatoms. The van der Waals surface area contributed by atoms with Crippen molar-refractivity contribution in [1.29, 1.82) is 0 Å². The number of aliphatic hydroxyl groups is 1. The minimum Gasteiger partial charge on any atom is -0.387 e. The Kier molecular flexibility index (Phi) is 5.58. The van der Waals surface area contributed by atoms with Crippen molar-refractivity contribution in [1.82, 2.24) is 4.72 Å². The van der Waals surface area contributed by atoms with Crippen molar-refractivity contribution in [3.63, 3.8) is 0 Å². The van der Waals surface area contributed by atoms with Crippen molar-refractivity contribution in [3.05, 3.63) is 76.0 Å². The summed E-state index contributed by atoms with van der Waals surface area (Å²) in [5, 5.41) is 14.4. The third-order valence-corrected chi connectivity index (χ3v) is 6.50. The molecule has 0 bridgehead atoms. The van der Waals surface area contributed by atoms with Crippen LogP contribution in [0.2, 0.25) is 0 Å². The number of hydrogen-bond donors (Lipinski definition) is 2. The van der Waals surface area contributed by atoms with Gasteiger partial charge >= 0.3 is 0 Å². The summed E-state index contributed by atoms with van der Waals surface area (Å²) >= 11 is 1.63. The van der Waals surface area contributed by atoms with E-state index in [9.17, 15) is 13.5 Å². The topological polar surface area (TPSA) is 66.4 Å². The van der Waals surface area contributed by atoms with Crippen LogP contribution in [0.5, 0.6) is 0 Å². The molecule has 0 fully saturated rings. The van der Waals surface area contributed by atoms with Crippen LogP contribution in [-0.4, -0.2) is 20.1 Å². The molecule has 1 atom stereocenters. The third-order valence-electron chi connectivity index (χ3n) is 4.25. The van der Waals surface area contributed by atoms with Crippen molar-refractivity contribution >= 4 is 21.4 Å². The average Bonchev–Trinajstić information content (AvgIpc) is 3.16. The monoisotopic (exact) mass is 387 g/mol. The molecule has 3 rings (SSSR count). The predicted molar refractivity (Wildman–Crippen MR) is 106 cm³/mol. The van der Waals surface area contributed by atoms with Crippen molar-refractivity contribution in [2.24, 2.45) is 0 Å². The molecular weight excluding hydrogens is 366 g/mol. The second kappa shape index (κ2) is 7.72. The number of thiophene rings is 1. The summed E-state index contributed by atoms with van der Waals surface area (Å²) in [4.78, 5) is 0.248. The zero-order valence-corrected chi connectivity index (χ0v) is 16.3. The van der Waals surface area contributed by atoms with Gasteiger partial charge in [-0.3, -0.25) is 0 Å².